The summed E-state index contributed by atoms with van der Waals surface area (Å²) in [5, 5.41) is 3.37. The molecule has 162 valence electrons. The minimum Gasteiger partial charge on any atom is -0.492 e. The lowest BCUT2D eigenvalue weighted by atomic mass is 10.2. The zero-order chi connectivity index (χ0) is 21.2. The second kappa shape index (κ2) is 11.4. The number of benzene rings is 1. The minimum absolute atomic E-state index is 0.605. The quantitative estimate of drug-likeness (QED) is 0.532. The predicted octanol–water partition coefficient (Wildman–Crippen LogP) is 2.31. The van der Waals surface area contributed by atoms with Crippen LogP contribution in [0.3, 0.4) is 0 Å². The summed E-state index contributed by atoms with van der Waals surface area (Å²) >= 11 is 0. The Hall–Kier alpha value is -2.80. The van der Waals surface area contributed by atoms with Gasteiger partial charge in [-0.15, -0.1) is 0 Å². The Labute approximate surface area is 180 Å². The topological polar surface area (TPSA) is 56.2 Å². The molecular formula is C23H34N6O. The molecule has 1 aliphatic heterocycles. The Morgan fingerprint density at radius 2 is 1.93 bits per heavy atom. The van der Waals surface area contributed by atoms with Gasteiger partial charge in [0.1, 0.15) is 18.2 Å². The van der Waals surface area contributed by atoms with Gasteiger partial charge in [0.2, 0.25) is 0 Å². The van der Waals surface area contributed by atoms with Crippen LogP contribution in [0.2, 0.25) is 0 Å². The minimum atomic E-state index is 0.605. The maximum absolute atomic E-state index is 5.82. The van der Waals surface area contributed by atoms with Crippen molar-refractivity contribution in [3.8, 4) is 5.75 Å². The van der Waals surface area contributed by atoms with Crippen LogP contribution in [0, 0.1) is 0 Å². The molecule has 0 bridgehead atoms. The van der Waals surface area contributed by atoms with E-state index in [1.54, 1.807) is 0 Å². The van der Waals surface area contributed by atoms with Crippen LogP contribution >= 0.6 is 0 Å². The summed E-state index contributed by atoms with van der Waals surface area (Å²) in [4.78, 5) is 16.2. The van der Waals surface area contributed by atoms with Crippen LogP contribution in [0.1, 0.15) is 12.5 Å². The second-order valence-corrected chi connectivity index (χ2v) is 7.57. The van der Waals surface area contributed by atoms with E-state index in [2.05, 4.69) is 45.0 Å². The Bertz CT molecular complexity index is 789. The smallest absolute Gasteiger partial charge is 0.194 e. The molecule has 0 spiro atoms. The average molecular weight is 411 g/mol. The van der Waals surface area contributed by atoms with E-state index in [9.17, 15) is 0 Å². The third kappa shape index (κ3) is 6.62. The molecular weight excluding hydrogens is 376 g/mol. The molecule has 1 aromatic heterocycles. The van der Waals surface area contributed by atoms with Crippen LogP contribution in [0.25, 0.3) is 0 Å². The largest absolute Gasteiger partial charge is 0.492 e. The first-order chi connectivity index (χ1) is 14.7. The Morgan fingerprint density at radius 3 is 2.67 bits per heavy atom. The first-order valence-electron chi connectivity index (χ1n) is 10.7. The molecule has 7 nitrogen and oxygen atoms in total. The van der Waals surface area contributed by atoms with Crippen molar-refractivity contribution in [1.82, 2.24) is 20.1 Å². The molecule has 0 saturated carbocycles. The van der Waals surface area contributed by atoms with E-state index in [0.717, 1.165) is 56.8 Å². The molecule has 1 N–H and O–H groups in total. The van der Waals surface area contributed by atoms with Gasteiger partial charge in [0, 0.05) is 46.0 Å². The van der Waals surface area contributed by atoms with Gasteiger partial charge < -0.3 is 24.8 Å². The monoisotopic (exact) mass is 410 g/mol. The maximum atomic E-state index is 5.82. The van der Waals surface area contributed by atoms with Crippen LogP contribution in [0.5, 0.6) is 5.75 Å². The third-order valence-corrected chi connectivity index (χ3v) is 5.18. The molecule has 0 unspecified atom stereocenters. The summed E-state index contributed by atoms with van der Waals surface area (Å²) in [6.45, 7) is 9.07. The van der Waals surface area contributed by atoms with Gasteiger partial charge in [-0.2, -0.15) is 0 Å². The van der Waals surface area contributed by atoms with E-state index in [-0.39, 0.29) is 0 Å². The van der Waals surface area contributed by atoms with Crippen molar-refractivity contribution in [2.24, 2.45) is 4.99 Å². The molecule has 1 saturated heterocycles. The van der Waals surface area contributed by atoms with E-state index < -0.39 is 0 Å². The molecule has 0 amide bonds. The van der Waals surface area contributed by atoms with Crippen molar-refractivity contribution in [3.05, 3.63) is 54.2 Å². The second-order valence-electron chi connectivity index (χ2n) is 7.57. The molecule has 0 atom stereocenters. The number of piperazine rings is 1. The summed E-state index contributed by atoms with van der Waals surface area (Å²) < 4.78 is 5.82. The van der Waals surface area contributed by atoms with Crippen LogP contribution in [0.15, 0.2) is 53.7 Å². The predicted molar refractivity (Wildman–Crippen MR) is 123 cm³/mol. The number of nitrogens with one attached hydrogen (secondary N) is 1. The Balaban J connectivity index is 1.56. The van der Waals surface area contributed by atoms with Gasteiger partial charge in [-0.25, -0.2) is 9.98 Å². The molecule has 30 heavy (non-hydrogen) atoms. The SMILES string of the molecule is CCNC(=NCc1ccnc(N2CCN(C)CC2)c1)N(C)CCOc1ccccc1. The van der Waals surface area contributed by atoms with E-state index in [1.807, 2.05) is 49.6 Å². The molecule has 1 aromatic carbocycles. The van der Waals surface area contributed by atoms with Gasteiger partial charge in [-0.05, 0) is 43.8 Å². The van der Waals surface area contributed by atoms with Gasteiger partial charge in [-0.1, -0.05) is 18.2 Å². The number of hydrogen-bond acceptors (Lipinski definition) is 5. The Morgan fingerprint density at radius 1 is 1.17 bits per heavy atom. The number of rotatable bonds is 8. The van der Waals surface area contributed by atoms with Gasteiger partial charge >= 0.3 is 0 Å². The summed E-state index contributed by atoms with van der Waals surface area (Å²) in [6.07, 6.45) is 1.89. The highest BCUT2D eigenvalue weighted by atomic mass is 16.5. The zero-order valence-corrected chi connectivity index (χ0v) is 18.4. The fourth-order valence-corrected chi connectivity index (χ4v) is 3.33. The standard InChI is InChI=1S/C23H34N6O/c1-4-24-23(28(3)16-17-30-21-8-6-5-7-9-21)26-19-20-10-11-25-22(18-20)29-14-12-27(2)13-15-29/h5-11,18H,4,12-17,19H2,1-3H3,(H,24,26). The maximum Gasteiger partial charge on any atom is 0.194 e. The van der Waals surface area contributed by atoms with Crippen molar-refractivity contribution in [2.45, 2.75) is 13.5 Å². The van der Waals surface area contributed by atoms with E-state index >= 15 is 0 Å². The number of anilines is 1. The number of guanidine groups is 1. The van der Waals surface area contributed by atoms with Gasteiger partial charge in [0.05, 0.1) is 13.1 Å². The number of pyridine rings is 1. The van der Waals surface area contributed by atoms with Crippen LogP contribution in [0.4, 0.5) is 5.82 Å². The number of hydrogen-bond donors (Lipinski definition) is 1. The van der Waals surface area contributed by atoms with Crippen molar-refractivity contribution in [2.75, 3.05) is 64.9 Å². The van der Waals surface area contributed by atoms with E-state index in [4.69, 9.17) is 9.73 Å². The van der Waals surface area contributed by atoms with Gasteiger partial charge in [0.25, 0.3) is 0 Å². The number of ether oxygens (including phenoxy) is 1. The highest BCUT2D eigenvalue weighted by molar-refractivity contribution is 5.79. The van der Waals surface area contributed by atoms with Crippen molar-refractivity contribution in [3.63, 3.8) is 0 Å². The number of nitrogens with zero attached hydrogens (tertiary/aromatic N) is 5. The summed E-state index contributed by atoms with van der Waals surface area (Å²) in [6, 6.07) is 14.1. The fourth-order valence-electron chi connectivity index (χ4n) is 3.33. The molecule has 0 radical (unpaired) electrons. The highest BCUT2D eigenvalue weighted by Gasteiger charge is 2.15. The number of para-hydroxylation sites is 1. The lowest BCUT2D eigenvalue weighted by molar-refractivity contribution is 0.281. The third-order valence-electron chi connectivity index (χ3n) is 5.18. The van der Waals surface area contributed by atoms with Crippen molar-refractivity contribution in [1.29, 1.82) is 0 Å². The molecule has 2 heterocycles. The van der Waals surface area contributed by atoms with E-state index in [0.29, 0.717) is 13.2 Å². The fraction of sp³-hybridized carbons (Fsp3) is 0.478. The lowest BCUT2D eigenvalue weighted by Crippen LogP contribution is -2.44. The number of aromatic nitrogens is 1. The Kier molecular flexibility index (Phi) is 8.32. The molecule has 0 aliphatic carbocycles. The first-order valence-corrected chi connectivity index (χ1v) is 10.7. The summed E-state index contributed by atoms with van der Waals surface area (Å²) in [5.74, 6) is 2.82. The first kappa shape index (κ1) is 21.9. The molecule has 2 aromatic rings. The van der Waals surface area contributed by atoms with E-state index in [1.165, 1.54) is 5.56 Å². The summed E-state index contributed by atoms with van der Waals surface area (Å²) in [7, 11) is 4.21. The number of aliphatic imine (C=N–C) groups is 1. The summed E-state index contributed by atoms with van der Waals surface area (Å²) in [5.41, 5.74) is 1.17. The number of likely N-dealkylation sites (N-methyl/N-ethyl adjacent to an activating group) is 2. The molecule has 1 fully saturated rings. The van der Waals surface area contributed by atoms with Crippen molar-refractivity contribution < 1.29 is 4.74 Å². The van der Waals surface area contributed by atoms with Crippen molar-refractivity contribution >= 4 is 11.8 Å². The molecule has 3 rings (SSSR count). The van der Waals surface area contributed by atoms with Crippen LogP contribution in [-0.4, -0.2) is 80.7 Å². The van der Waals surface area contributed by atoms with Crippen LogP contribution in [-0.2, 0) is 6.54 Å². The molecule has 1 aliphatic rings. The van der Waals surface area contributed by atoms with Gasteiger partial charge in [-0.3, -0.25) is 0 Å². The highest BCUT2D eigenvalue weighted by Crippen LogP contribution is 2.15. The zero-order valence-electron chi connectivity index (χ0n) is 18.4. The normalized spacial score (nSPS) is 15.2. The lowest BCUT2D eigenvalue weighted by Gasteiger charge is -2.33. The molecule has 7 heteroatoms. The average Bonchev–Trinajstić information content (AvgIpc) is 2.78. The van der Waals surface area contributed by atoms with Crippen LogP contribution < -0.4 is 15.0 Å². The van der Waals surface area contributed by atoms with Gasteiger partial charge in [0.15, 0.2) is 5.96 Å².